The van der Waals surface area contributed by atoms with E-state index >= 15 is 0 Å². The van der Waals surface area contributed by atoms with Gasteiger partial charge in [-0.1, -0.05) is 19.1 Å². The Kier molecular flexibility index (Phi) is 3.69. The summed E-state index contributed by atoms with van der Waals surface area (Å²) in [6.07, 6.45) is 0.881. The lowest BCUT2D eigenvalue weighted by molar-refractivity contribution is 0.102. The molecule has 1 aromatic carbocycles. The highest BCUT2D eigenvalue weighted by atomic mass is 19.1. The Morgan fingerprint density at radius 2 is 2.05 bits per heavy atom. The lowest BCUT2D eigenvalue weighted by atomic mass is 10.1. The number of halogens is 1. The second-order valence-electron chi connectivity index (χ2n) is 4.55. The van der Waals surface area contributed by atoms with Crippen LogP contribution in [0.2, 0.25) is 0 Å². The van der Waals surface area contributed by atoms with Crippen molar-refractivity contribution < 1.29 is 9.18 Å². The number of nitrogen functional groups attached to an aromatic ring is 1. The second kappa shape index (κ2) is 5.26. The number of rotatable bonds is 4. The Bertz CT molecular complexity index is 617. The largest absolute Gasteiger partial charge is 0.397 e. The third-order valence-electron chi connectivity index (χ3n) is 3.11. The van der Waals surface area contributed by atoms with Gasteiger partial charge in [-0.3, -0.25) is 4.79 Å². The van der Waals surface area contributed by atoms with Crippen molar-refractivity contribution in [3.05, 3.63) is 53.1 Å². The monoisotopic (exact) mass is 260 g/mol. The summed E-state index contributed by atoms with van der Waals surface area (Å²) in [5.74, 6) is -0.883. The standard InChI is InChI=1S/C15H17FN2O/c1-3-8-18-10(2)9-13(17)14(18)15(19)11-6-4-5-7-12(11)16/h4-7,9H,3,8,17H2,1-2H3. The van der Waals surface area contributed by atoms with E-state index in [0.29, 0.717) is 17.9 Å². The molecule has 19 heavy (non-hydrogen) atoms. The number of hydrogen-bond acceptors (Lipinski definition) is 2. The van der Waals surface area contributed by atoms with Gasteiger partial charge >= 0.3 is 0 Å². The van der Waals surface area contributed by atoms with Gasteiger partial charge in [0.1, 0.15) is 11.5 Å². The number of aromatic nitrogens is 1. The van der Waals surface area contributed by atoms with Crippen molar-refractivity contribution in [2.45, 2.75) is 26.8 Å². The number of aryl methyl sites for hydroxylation is 1. The number of carbonyl (C=O) groups is 1. The molecule has 0 fully saturated rings. The molecule has 1 aromatic heterocycles. The summed E-state index contributed by atoms with van der Waals surface area (Å²) >= 11 is 0. The Morgan fingerprint density at radius 3 is 2.68 bits per heavy atom. The Balaban J connectivity index is 2.53. The van der Waals surface area contributed by atoms with E-state index in [1.807, 2.05) is 18.4 Å². The molecule has 3 nitrogen and oxygen atoms in total. The number of nitrogens with zero attached hydrogens (tertiary/aromatic N) is 1. The molecule has 100 valence electrons. The maximum atomic E-state index is 13.7. The molecule has 0 saturated heterocycles. The number of carbonyl (C=O) groups excluding carboxylic acids is 1. The van der Waals surface area contributed by atoms with Crippen LogP contribution in [0.15, 0.2) is 30.3 Å². The van der Waals surface area contributed by atoms with Crippen LogP contribution in [-0.4, -0.2) is 10.4 Å². The van der Waals surface area contributed by atoms with E-state index in [-0.39, 0.29) is 11.3 Å². The molecule has 4 heteroatoms. The molecule has 2 rings (SSSR count). The van der Waals surface area contributed by atoms with E-state index < -0.39 is 5.82 Å². The fraction of sp³-hybridized carbons (Fsp3) is 0.267. The number of hydrogen-bond donors (Lipinski definition) is 1. The third kappa shape index (κ3) is 2.38. The zero-order chi connectivity index (χ0) is 14.0. The Labute approximate surface area is 111 Å². The first-order valence-corrected chi connectivity index (χ1v) is 6.31. The molecule has 0 aliphatic heterocycles. The highest BCUT2D eigenvalue weighted by molar-refractivity contribution is 6.11. The van der Waals surface area contributed by atoms with Crippen LogP contribution in [0.5, 0.6) is 0 Å². The molecular weight excluding hydrogens is 243 g/mol. The Hall–Kier alpha value is -2.10. The number of benzene rings is 1. The highest BCUT2D eigenvalue weighted by Gasteiger charge is 2.21. The van der Waals surface area contributed by atoms with Crippen molar-refractivity contribution in [3.8, 4) is 0 Å². The average molecular weight is 260 g/mol. The summed E-state index contributed by atoms with van der Waals surface area (Å²) in [7, 11) is 0. The van der Waals surface area contributed by atoms with E-state index in [0.717, 1.165) is 12.1 Å². The van der Waals surface area contributed by atoms with E-state index in [2.05, 4.69) is 0 Å². The van der Waals surface area contributed by atoms with Gasteiger partial charge in [0.2, 0.25) is 5.78 Å². The molecule has 0 aliphatic rings. The molecule has 0 amide bonds. The molecule has 2 aromatic rings. The molecule has 0 unspecified atom stereocenters. The van der Waals surface area contributed by atoms with Crippen molar-refractivity contribution in [2.24, 2.45) is 0 Å². The van der Waals surface area contributed by atoms with Crippen LogP contribution >= 0.6 is 0 Å². The minimum absolute atomic E-state index is 0.0599. The van der Waals surface area contributed by atoms with Gasteiger partial charge in [-0.15, -0.1) is 0 Å². The van der Waals surface area contributed by atoms with Crippen LogP contribution < -0.4 is 5.73 Å². The summed E-state index contributed by atoms with van der Waals surface area (Å²) < 4.78 is 15.6. The molecule has 0 spiro atoms. The van der Waals surface area contributed by atoms with Crippen LogP contribution in [0, 0.1) is 12.7 Å². The number of anilines is 1. The van der Waals surface area contributed by atoms with Crippen LogP contribution in [0.3, 0.4) is 0 Å². The van der Waals surface area contributed by atoms with E-state index in [1.54, 1.807) is 18.2 Å². The van der Waals surface area contributed by atoms with Crippen LogP contribution in [0.25, 0.3) is 0 Å². The molecule has 0 atom stereocenters. The minimum atomic E-state index is -0.520. The van der Waals surface area contributed by atoms with E-state index in [1.165, 1.54) is 12.1 Å². The fourth-order valence-corrected chi connectivity index (χ4v) is 2.24. The molecule has 2 N–H and O–H groups in total. The smallest absolute Gasteiger partial charge is 0.214 e. The van der Waals surface area contributed by atoms with Crippen LogP contribution in [0.1, 0.15) is 35.1 Å². The predicted octanol–water partition coefficient (Wildman–Crippen LogP) is 3.16. The van der Waals surface area contributed by atoms with Crippen molar-refractivity contribution in [1.29, 1.82) is 0 Å². The summed E-state index contributed by atoms with van der Waals surface area (Å²) in [6, 6.07) is 7.72. The van der Waals surface area contributed by atoms with Gasteiger partial charge in [0.05, 0.1) is 11.3 Å². The van der Waals surface area contributed by atoms with E-state index in [4.69, 9.17) is 5.73 Å². The van der Waals surface area contributed by atoms with Crippen molar-refractivity contribution in [3.63, 3.8) is 0 Å². The van der Waals surface area contributed by atoms with Gasteiger partial charge in [-0.2, -0.15) is 0 Å². The van der Waals surface area contributed by atoms with Gasteiger partial charge in [-0.25, -0.2) is 4.39 Å². The first-order valence-electron chi connectivity index (χ1n) is 6.31. The quantitative estimate of drug-likeness (QED) is 0.858. The topological polar surface area (TPSA) is 48.0 Å². The van der Waals surface area contributed by atoms with Gasteiger partial charge in [0, 0.05) is 12.2 Å². The average Bonchev–Trinajstić information content (AvgIpc) is 2.65. The molecule has 0 bridgehead atoms. The summed E-state index contributed by atoms with van der Waals surface area (Å²) in [4.78, 5) is 12.5. The fourth-order valence-electron chi connectivity index (χ4n) is 2.24. The first kappa shape index (κ1) is 13.3. The van der Waals surface area contributed by atoms with Gasteiger partial charge in [0.15, 0.2) is 0 Å². The predicted molar refractivity (Wildman–Crippen MR) is 73.7 cm³/mol. The van der Waals surface area contributed by atoms with E-state index in [9.17, 15) is 9.18 Å². The summed E-state index contributed by atoms with van der Waals surface area (Å²) in [5.41, 5.74) is 7.65. The SMILES string of the molecule is CCCn1c(C)cc(N)c1C(=O)c1ccccc1F. The highest BCUT2D eigenvalue weighted by Crippen LogP contribution is 2.23. The Morgan fingerprint density at radius 1 is 1.37 bits per heavy atom. The zero-order valence-electron chi connectivity index (χ0n) is 11.1. The molecule has 0 saturated carbocycles. The number of ketones is 1. The van der Waals surface area contributed by atoms with Crippen LogP contribution in [-0.2, 0) is 6.54 Å². The third-order valence-corrected chi connectivity index (χ3v) is 3.11. The van der Waals surface area contributed by atoms with Gasteiger partial charge < -0.3 is 10.3 Å². The molecule has 1 heterocycles. The maximum absolute atomic E-state index is 13.7. The molecular formula is C15H17FN2O. The van der Waals surface area contributed by atoms with Crippen molar-refractivity contribution in [2.75, 3.05) is 5.73 Å². The van der Waals surface area contributed by atoms with Crippen LogP contribution in [0.4, 0.5) is 10.1 Å². The number of nitrogens with two attached hydrogens (primary N) is 1. The summed E-state index contributed by atoms with van der Waals surface area (Å²) in [6.45, 7) is 4.61. The molecule has 0 aliphatic carbocycles. The maximum Gasteiger partial charge on any atom is 0.214 e. The van der Waals surface area contributed by atoms with Crippen molar-refractivity contribution >= 4 is 11.5 Å². The van der Waals surface area contributed by atoms with Gasteiger partial charge in [-0.05, 0) is 31.5 Å². The summed E-state index contributed by atoms with van der Waals surface area (Å²) in [5, 5.41) is 0. The lowest BCUT2D eigenvalue weighted by Gasteiger charge is -2.10. The first-order chi connectivity index (χ1) is 9.06. The normalized spacial score (nSPS) is 10.7. The van der Waals surface area contributed by atoms with Gasteiger partial charge in [0.25, 0.3) is 0 Å². The second-order valence-corrected chi connectivity index (χ2v) is 4.55. The minimum Gasteiger partial charge on any atom is -0.397 e. The zero-order valence-corrected chi connectivity index (χ0v) is 11.1. The molecule has 0 radical (unpaired) electrons. The van der Waals surface area contributed by atoms with Crippen molar-refractivity contribution in [1.82, 2.24) is 4.57 Å². The lowest BCUT2D eigenvalue weighted by Crippen LogP contribution is -2.14.